The largest absolute Gasteiger partial charge is 0.497 e. The van der Waals surface area contributed by atoms with E-state index in [9.17, 15) is 18.0 Å². The molecule has 0 aliphatic carbocycles. The highest BCUT2D eigenvalue weighted by atomic mass is 32.2. The quantitative estimate of drug-likeness (QED) is 0.664. The smallest absolute Gasteiger partial charge is 0.313 e. The number of sulfonamides is 1. The molecule has 8 nitrogen and oxygen atoms in total. The van der Waals surface area contributed by atoms with Crippen LogP contribution in [0.3, 0.4) is 0 Å². The summed E-state index contributed by atoms with van der Waals surface area (Å²) in [5.41, 5.74) is 2.00. The molecule has 0 spiro atoms. The van der Waals surface area contributed by atoms with E-state index in [1.807, 2.05) is 13.0 Å². The van der Waals surface area contributed by atoms with E-state index in [0.29, 0.717) is 36.4 Å². The number of carbonyl (C=O) groups is 2. The second-order valence-corrected chi connectivity index (χ2v) is 9.43. The minimum atomic E-state index is -3.69. The van der Waals surface area contributed by atoms with Crippen LogP contribution in [0.2, 0.25) is 0 Å². The van der Waals surface area contributed by atoms with Crippen molar-refractivity contribution < 1.29 is 22.7 Å². The predicted octanol–water partition coefficient (Wildman–Crippen LogP) is 2.22. The number of methoxy groups -OCH3 is 1. The maximum atomic E-state index is 13.2. The molecule has 2 amide bonds. The van der Waals surface area contributed by atoms with E-state index in [-0.39, 0.29) is 11.4 Å². The molecule has 1 heterocycles. The summed E-state index contributed by atoms with van der Waals surface area (Å²) in [5.74, 6) is -0.993. The van der Waals surface area contributed by atoms with Crippen LogP contribution in [0.25, 0.3) is 0 Å². The third kappa shape index (κ3) is 5.23. The molecule has 0 bridgehead atoms. The minimum absolute atomic E-state index is 0.0684. The lowest BCUT2D eigenvalue weighted by Crippen LogP contribution is -2.45. The Morgan fingerprint density at radius 2 is 1.81 bits per heavy atom. The second kappa shape index (κ2) is 9.49. The third-order valence-electron chi connectivity index (χ3n) is 5.31. The zero-order valence-corrected chi connectivity index (χ0v) is 18.7. The average Bonchev–Trinajstić information content (AvgIpc) is 3.23. The third-order valence-corrected chi connectivity index (χ3v) is 7.40. The molecule has 2 N–H and O–H groups in total. The Labute approximate surface area is 182 Å². The van der Waals surface area contributed by atoms with E-state index in [2.05, 4.69) is 10.6 Å². The first-order valence-corrected chi connectivity index (χ1v) is 11.5. The Balaban J connectivity index is 1.63. The molecule has 1 fully saturated rings. The van der Waals surface area contributed by atoms with Crippen LogP contribution < -0.4 is 15.4 Å². The van der Waals surface area contributed by atoms with Crippen molar-refractivity contribution >= 4 is 27.5 Å². The maximum Gasteiger partial charge on any atom is 0.313 e. The fraction of sp³-hybridized carbons (Fsp3) is 0.364. The van der Waals surface area contributed by atoms with Gasteiger partial charge in [0.25, 0.3) is 0 Å². The van der Waals surface area contributed by atoms with Gasteiger partial charge in [0.1, 0.15) is 5.75 Å². The summed E-state index contributed by atoms with van der Waals surface area (Å²) in [6.45, 7) is 4.07. The van der Waals surface area contributed by atoms with Gasteiger partial charge in [0.05, 0.1) is 12.0 Å². The lowest BCUT2D eigenvalue weighted by Gasteiger charge is -2.25. The highest BCUT2D eigenvalue weighted by Crippen LogP contribution is 2.28. The molecule has 1 aliphatic rings. The maximum absolute atomic E-state index is 13.2. The number of rotatable bonds is 6. The van der Waals surface area contributed by atoms with E-state index in [1.165, 1.54) is 11.4 Å². The van der Waals surface area contributed by atoms with E-state index < -0.39 is 27.9 Å². The minimum Gasteiger partial charge on any atom is -0.497 e. The van der Waals surface area contributed by atoms with Crippen molar-refractivity contribution in [2.75, 3.05) is 25.5 Å². The van der Waals surface area contributed by atoms with Gasteiger partial charge in [-0.1, -0.05) is 12.1 Å². The van der Waals surface area contributed by atoms with Crippen LogP contribution in [0.4, 0.5) is 5.69 Å². The Morgan fingerprint density at radius 3 is 2.48 bits per heavy atom. The number of anilines is 1. The number of amides is 2. The van der Waals surface area contributed by atoms with Crippen molar-refractivity contribution in [3.05, 3.63) is 53.6 Å². The van der Waals surface area contributed by atoms with Crippen molar-refractivity contribution in [2.24, 2.45) is 0 Å². The van der Waals surface area contributed by atoms with Crippen LogP contribution in [-0.4, -0.2) is 50.8 Å². The molecule has 31 heavy (non-hydrogen) atoms. The van der Waals surface area contributed by atoms with Crippen LogP contribution in [0.15, 0.2) is 47.4 Å². The first-order chi connectivity index (χ1) is 14.7. The van der Waals surface area contributed by atoms with E-state index in [4.69, 9.17) is 4.74 Å². The van der Waals surface area contributed by atoms with Crippen molar-refractivity contribution in [1.29, 1.82) is 0 Å². The normalized spacial score (nSPS) is 16.7. The Bertz CT molecular complexity index is 1070. The van der Waals surface area contributed by atoms with Gasteiger partial charge in [0.15, 0.2) is 0 Å². The number of nitrogens with zero attached hydrogens (tertiary/aromatic N) is 1. The summed E-state index contributed by atoms with van der Waals surface area (Å²) in [6, 6.07) is 11.5. The molecular formula is C22H27N3O5S. The summed E-state index contributed by atoms with van der Waals surface area (Å²) in [6.07, 6.45) is 1.31. The molecule has 0 aromatic heterocycles. The molecule has 3 rings (SSSR count). The molecule has 0 unspecified atom stereocenters. The van der Waals surface area contributed by atoms with Crippen molar-refractivity contribution in [1.82, 2.24) is 9.62 Å². The summed E-state index contributed by atoms with van der Waals surface area (Å²) in [5, 5.41) is 5.08. The molecule has 1 atom stereocenters. The molecule has 0 saturated carbocycles. The first kappa shape index (κ1) is 22.8. The number of hydrogen-bond acceptors (Lipinski definition) is 5. The molecule has 166 valence electrons. The van der Waals surface area contributed by atoms with E-state index in [0.717, 1.165) is 5.56 Å². The first-order valence-electron chi connectivity index (χ1n) is 10.0. The Kier molecular flexibility index (Phi) is 6.97. The van der Waals surface area contributed by atoms with Crippen molar-refractivity contribution in [3.63, 3.8) is 0 Å². The van der Waals surface area contributed by atoms with Gasteiger partial charge in [0, 0.05) is 24.8 Å². The summed E-state index contributed by atoms with van der Waals surface area (Å²) in [4.78, 5) is 24.7. The predicted molar refractivity (Wildman–Crippen MR) is 117 cm³/mol. The average molecular weight is 446 g/mol. The molecule has 1 saturated heterocycles. The zero-order valence-electron chi connectivity index (χ0n) is 17.8. The van der Waals surface area contributed by atoms with Crippen LogP contribution in [0, 0.1) is 13.8 Å². The molecule has 2 aromatic carbocycles. The number of ether oxygens (including phenoxy) is 1. The van der Waals surface area contributed by atoms with Gasteiger partial charge in [-0.2, -0.15) is 4.31 Å². The Morgan fingerprint density at radius 1 is 1.10 bits per heavy atom. The lowest BCUT2D eigenvalue weighted by molar-refractivity contribution is -0.136. The van der Waals surface area contributed by atoms with Crippen molar-refractivity contribution in [3.8, 4) is 5.75 Å². The monoisotopic (exact) mass is 445 g/mol. The van der Waals surface area contributed by atoms with Gasteiger partial charge >= 0.3 is 11.8 Å². The number of nitrogens with one attached hydrogen (secondary N) is 2. The number of benzene rings is 2. The van der Waals surface area contributed by atoms with Gasteiger partial charge in [0.2, 0.25) is 10.0 Å². The highest BCUT2D eigenvalue weighted by Gasteiger charge is 2.36. The van der Waals surface area contributed by atoms with E-state index >= 15 is 0 Å². The lowest BCUT2D eigenvalue weighted by atomic mass is 10.2. The molecule has 9 heteroatoms. The molecule has 0 radical (unpaired) electrons. The highest BCUT2D eigenvalue weighted by molar-refractivity contribution is 7.89. The SMILES string of the molecule is COc1ccc(NC(=O)C(=O)NC[C@@H]2CCCN2S(=O)(=O)c2cc(C)ccc2C)cc1. The van der Waals surface area contributed by atoms with Crippen molar-refractivity contribution in [2.45, 2.75) is 37.6 Å². The standard InChI is InChI=1S/C22H27N3O5S/c1-15-6-7-16(2)20(13-15)31(28,29)25-12-4-5-18(25)14-23-21(26)22(27)24-17-8-10-19(30-3)11-9-17/h6-11,13,18H,4-5,12,14H2,1-3H3,(H,23,26)(H,24,27)/t18-/m0/s1. The van der Waals surface area contributed by atoms with Gasteiger partial charge in [-0.05, 0) is 68.1 Å². The van der Waals surface area contributed by atoms with Crippen LogP contribution in [0.1, 0.15) is 24.0 Å². The van der Waals surface area contributed by atoms with Crippen LogP contribution in [0.5, 0.6) is 5.75 Å². The Hall–Kier alpha value is -2.91. The summed E-state index contributed by atoms with van der Waals surface area (Å²) >= 11 is 0. The number of carbonyl (C=O) groups excluding carboxylic acids is 2. The topological polar surface area (TPSA) is 105 Å². The molecule has 2 aromatic rings. The van der Waals surface area contributed by atoms with Gasteiger partial charge in [-0.15, -0.1) is 0 Å². The van der Waals surface area contributed by atoms with Gasteiger partial charge < -0.3 is 15.4 Å². The molecule has 1 aliphatic heterocycles. The van der Waals surface area contributed by atoms with Gasteiger partial charge in [-0.25, -0.2) is 8.42 Å². The number of aryl methyl sites for hydroxylation is 2. The fourth-order valence-electron chi connectivity index (χ4n) is 3.59. The zero-order chi connectivity index (χ0) is 22.6. The fourth-order valence-corrected chi connectivity index (χ4v) is 5.60. The number of hydrogen-bond donors (Lipinski definition) is 2. The van der Waals surface area contributed by atoms with Crippen LogP contribution >= 0.6 is 0 Å². The summed E-state index contributed by atoms with van der Waals surface area (Å²) in [7, 11) is -2.16. The van der Waals surface area contributed by atoms with Crippen LogP contribution in [-0.2, 0) is 19.6 Å². The second-order valence-electron chi connectivity index (χ2n) is 7.57. The molecular weight excluding hydrogens is 418 g/mol. The van der Waals surface area contributed by atoms with E-state index in [1.54, 1.807) is 43.3 Å². The van der Waals surface area contributed by atoms with Gasteiger partial charge in [-0.3, -0.25) is 9.59 Å². The summed E-state index contributed by atoms with van der Waals surface area (Å²) < 4.78 is 32.9.